The van der Waals surface area contributed by atoms with Crippen molar-refractivity contribution in [1.82, 2.24) is 0 Å². The Morgan fingerprint density at radius 2 is 0.571 bits per heavy atom. The van der Waals surface area contributed by atoms with Gasteiger partial charge in [0.1, 0.15) is 0 Å². The van der Waals surface area contributed by atoms with Crippen LogP contribution in [0.4, 0.5) is 0 Å². The Kier molecular flexibility index (Phi) is 56.3. The molecule has 0 N–H and O–H groups in total. The normalized spacial score (nSPS) is 12.1. The minimum Gasteiger partial charge on any atom is -0.227 e. The van der Waals surface area contributed by atoms with Gasteiger partial charge in [0.05, 0.1) is 5.41 Å². The van der Waals surface area contributed by atoms with E-state index >= 15 is 0 Å². The fraction of sp³-hybridized carbons (Fsp3) is 0.276. The first-order valence-electron chi connectivity index (χ1n) is 46.6. The Hall–Kier alpha value is -8.26. The average Bonchev–Trinajstić information content (AvgIpc) is 1.52. The summed E-state index contributed by atoms with van der Waals surface area (Å²) in [6, 6.07) is 128. The monoisotopic (exact) mass is 1890 g/mol. The zero-order chi connectivity index (χ0) is 91.2. The molecular weight excluding hydrogens is 1740 g/mol. The van der Waals surface area contributed by atoms with Crippen LogP contribution in [0.3, 0.4) is 0 Å². The molecule has 0 nitrogen and oxygen atoms in total. The molecule has 0 amide bonds. The Bertz CT molecular complexity index is 5320. The van der Waals surface area contributed by atoms with Crippen molar-refractivity contribution in [3.05, 3.63) is 470 Å². The molecule has 3 radical (unpaired) electrons. The molecule has 3 heteroatoms. The van der Waals surface area contributed by atoms with Gasteiger partial charge in [-0.3, -0.25) is 0 Å². The number of hydrogen-bond acceptors (Lipinski definition) is 0. The molecule has 0 saturated carbocycles. The molecule has 0 heterocycles. The van der Waals surface area contributed by atoms with Crippen molar-refractivity contribution in [3.63, 3.8) is 0 Å². The maximum atomic E-state index is 3.97. The van der Waals surface area contributed by atoms with Crippen LogP contribution >= 0.6 is 0 Å². The van der Waals surface area contributed by atoms with E-state index in [2.05, 4.69) is 382 Å². The van der Waals surface area contributed by atoms with Crippen molar-refractivity contribution in [1.29, 1.82) is 0 Å². The average molecular weight is 1890 g/mol. The predicted molar refractivity (Wildman–Crippen MR) is 546 cm³/mol. The molecule has 4 aliphatic rings. The van der Waals surface area contributed by atoms with Gasteiger partial charge < -0.3 is 0 Å². The molecule has 0 aromatic heterocycles. The number of fused-ring (bicyclic) bond motifs is 9. The van der Waals surface area contributed by atoms with E-state index in [0.717, 1.165) is 22.3 Å². The number of benzene rings is 14. The second-order valence-corrected chi connectivity index (χ2v) is 26.8. The quantitative estimate of drug-likeness (QED) is 0.126. The van der Waals surface area contributed by atoms with Gasteiger partial charge in [0.25, 0.3) is 0 Å². The topological polar surface area (TPSA) is 0 Å². The predicted octanol–water partition coefficient (Wildman–Crippen LogP) is 36.1. The van der Waals surface area contributed by atoms with Crippen molar-refractivity contribution in [3.8, 4) is 55.6 Å². The van der Waals surface area contributed by atoms with E-state index in [1.807, 2.05) is 190 Å². The Balaban J connectivity index is 0.000000833. The first kappa shape index (κ1) is 116. The summed E-state index contributed by atoms with van der Waals surface area (Å²) in [4.78, 5) is 0. The number of hydrogen-bond donors (Lipinski definition) is 0. The summed E-state index contributed by atoms with van der Waals surface area (Å²) < 4.78 is 0. The summed E-state index contributed by atoms with van der Waals surface area (Å²) in [5, 5.41) is 0. The van der Waals surface area contributed by atoms with Gasteiger partial charge in [0.15, 0.2) is 0 Å². The minimum atomic E-state index is -0.431. The van der Waals surface area contributed by atoms with E-state index < -0.39 is 10.8 Å². The zero-order valence-corrected chi connectivity index (χ0v) is 91.1. The summed E-state index contributed by atoms with van der Waals surface area (Å²) in [6.07, 6.45) is 10.9. The Labute approximate surface area is 844 Å². The molecule has 0 spiro atoms. The third-order valence-corrected chi connectivity index (χ3v) is 21.4. The van der Waals surface area contributed by atoms with Gasteiger partial charge in [-0.2, -0.15) is 96.6 Å². The largest absolute Gasteiger partial charge is 0.227 e. The van der Waals surface area contributed by atoms with E-state index in [1.165, 1.54) is 139 Å². The summed E-state index contributed by atoms with van der Waals surface area (Å²) in [6.45, 7) is 61.4. The molecule has 4 aliphatic carbocycles. The Morgan fingerprint density at radius 3 is 0.944 bits per heavy atom. The van der Waals surface area contributed by atoms with Crippen LogP contribution in [0.1, 0.15) is 278 Å². The van der Waals surface area contributed by atoms with Crippen LogP contribution in [-0.4, -0.2) is 0 Å². The molecule has 0 aliphatic heterocycles. The molecule has 1 atom stereocenters. The first-order chi connectivity index (χ1) is 60.6. The van der Waals surface area contributed by atoms with Gasteiger partial charge >= 0.3 is 0 Å². The van der Waals surface area contributed by atoms with Gasteiger partial charge in [0.2, 0.25) is 0 Å². The van der Waals surface area contributed by atoms with Gasteiger partial charge in [-0.1, -0.05) is 407 Å². The number of allylic oxidation sites excluding steroid dienone is 4. The van der Waals surface area contributed by atoms with Crippen LogP contribution < -0.4 is 0 Å². The molecule has 0 bridgehead atoms. The van der Waals surface area contributed by atoms with E-state index in [0.29, 0.717) is 0 Å². The molecule has 1 unspecified atom stereocenters. The standard InChI is InChI=1S/C33H24.C33H26.C33H24.12C2H6.3Y/c1-23-13-6-9-20-29(23)33(30-21-10-7-14-24(30)2)31-22-11-8-17-27(31)28-19-12-18-26(32(28)33)25-15-4-3-5-16-25;2*1-23-12-6-9-17-29(23)33(30-18-10-7-13-24(30)2)31-19-11-8-16-27(31)28-21-20-26(22-32(28)33)25-14-4-3-5-15-25;12*1-2;;;/h3-15,17,19-22H,1-2H3;3-21,25H,1-2H3;3-14,16-19,21-22H,1-2H3;12*1-2H3;;;/q3*-2;;;;;;;;;;;;;;;. The van der Waals surface area contributed by atoms with E-state index in [1.54, 1.807) is 0 Å². The molecule has 653 valence electrons. The zero-order valence-electron chi connectivity index (χ0n) is 82.6. The second kappa shape index (κ2) is 61.3. The van der Waals surface area contributed by atoms with Gasteiger partial charge in [-0.05, 0) is 131 Å². The smallest absolute Gasteiger partial charge is 0.0536 e. The van der Waals surface area contributed by atoms with Crippen molar-refractivity contribution < 1.29 is 98.1 Å². The number of aryl methyl sites for hydroxylation is 6. The fourth-order valence-corrected chi connectivity index (χ4v) is 17.2. The van der Waals surface area contributed by atoms with Gasteiger partial charge in [-0.15, -0.1) is 64.2 Å². The van der Waals surface area contributed by atoms with Crippen LogP contribution in [0, 0.1) is 78.3 Å². The second-order valence-electron chi connectivity index (χ2n) is 26.8. The molecule has 0 saturated heterocycles. The molecule has 14 aromatic carbocycles. The number of rotatable bonds is 9. The fourth-order valence-electron chi connectivity index (χ4n) is 17.2. The summed E-state index contributed by atoms with van der Waals surface area (Å²) >= 11 is 0. The minimum absolute atomic E-state index is 0. The van der Waals surface area contributed by atoms with Crippen LogP contribution in [-0.2, 0) is 114 Å². The van der Waals surface area contributed by atoms with E-state index in [9.17, 15) is 0 Å². The van der Waals surface area contributed by atoms with Crippen molar-refractivity contribution in [2.24, 2.45) is 0 Å². The third-order valence-electron chi connectivity index (χ3n) is 21.4. The van der Waals surface area contributed by atoms with Crippen LogP contribution in [0.15, 0.2) is 328 Å². The Morgan fingerprint density at radius 1 is 0.246 bits per heavy atom. The van der Waals surface area contributed by atoms with Gasteiger partial charge in [0, 0.05) is 109 Å². The van der Waals surface area contributed by atoms with Crippen LogP contribution in [0.5, 0.6) is 0 Å². The van der Waals surface area contributed by atoms with Crippen molar-refractivity contribution in [2.45, 2.75) is 230 Å². The summed E-state index contributed by atoms with van der Waals surface area (Å²) in [7, 11) is 0. The third kappa shape index (κ3) is 24.2. The van der Waals surface area contributed by atoms with Gasteiger partial charge in [-0.25, -0.2) is 40.8 Å². The molecule has 18 rings (SSSR count). The molecule has 126 heavy (non-hydrogen) atoms. The van der Waals surface area contributed by atoms with E-state index in [4.69, 9.17) is 0 Å². The van der Waals surface area contributed by atoms with Crippen molar-refractivity contribution >= 4 is 0 Å². The first-order valence-corrected chi connectivity index (χ1v) is 46.6. The molecule has 0 fully saturated rings. The molecular formula is C123H146Y3-6. The maximum absolute atomic E-state index is 3.97. The van der Waals surface area contributed by atoms with E-state index in [-0.39, 0.29) is 109 Å². The van der Waals surface area contributed by atoms with Crippen molar-refractivity contribution in [2.75, 3.05) is 0 Å². The van der Waals surface area contributed by atoms with Crippen LogP contribution in [0.2, 0.25) is 0 Å². The molecule has 14 aromatic rings. The van der Waals surface area contributed by atoms with Crippen LogP contribution in [0.25, 0.3) is 55.6 Å². The SMILES string of the molecule is CC.CC.CC.CC.CC.CC.CC.CC.CC.CC.CC.CC.Cc1ccccc1C1(c2ccccc2C)c2[c-]c(C3C=CC=C[CH-]3)ccc2-c2ccccc21.Cc1ccccc1C1(c2ccccc2C)c2ccccc2-c2c[c-]c(-c3[c-]cccc3)cc21.Cc1ccccc1C1(c2ccccc2C)c2ccccc2-c2cc[c-]c(-c3[c-]cccc3)c21.[Y].[Y].[Y]. The maximum Gasteiger partial charge on any atom is 0.0536 e. The summed E-state index contributed by atoms with van der Waals surface area (Å²) in [5.41, 5.74) is 35.7. The summed E-state index contributed by atoms with van der Waals surface area (Å²) in [5.74, 6) is 0.246.